The van der Waals surface area contributed by atoms with Crippen LogP contribution in [0.2, 0.25) is 5.02 Å². The summed E-state index contributed by atoms with van der Waals surface area (Å²) in [7, 11) is 1.69. The average Bonchev–Trinajstić information content (AvgIpc) is 2.34. The first-order chi connectivity index (χ1) is 8.13. The molecule has 0 radical (unpaired) electrons. The van der Waals surface area contributed by atoms with E-state index in [1.165, 1.54) is 4.57 Å². The zero-order chi connectivity index (χ0) is 12.4. The Hall–Kier alpha value is -1.58. The number of aromatic nitrogens is 1. The normalized spacial score (nSPS) is 10.5. The van der Waals surface area contributed by atoms with Crippen LogP contribution in [0.3, 0.4) is 0 Å². The van der Waals surface area contributed by atoms with E-state index in [0.29, 0.717) is 10.6 Å². The van der Waals surface area contributed by atoms with Crippen LogP contribution in [0.4, 0.5) is 0 Å². The molecule has 0 aliphatic carbocycles. The molecule has 1 aromatic heterocycles. The number of rotatable bonds is 2. The number of hydrogen-bond acceptors (Lipinski definition) is 2. The fraction of sp³-hybridized carbons (Fsp3) is 0.154. The summed E-state index contributed by atoms with van der Waals surface area (Å²) in [4.78, 5) is 11.8. The van der Waals surface area contributed by atoms with E-state index in [1.807, 2.05) is 18.2 Å². The minimum Gasteiger partial charge on any atom is -0.391 e. The highest BCUT2D eigenvalue weighted by molar-refractivity contribution is 6.30. The Balaban J connectivity index is 2.57. The van der Waals surface area contributed by atoms with E-state index in [9.17, 15) is 4.79 Å². The summed E-state index contributed by atoms with van der Waals surface area (Å²) in [6, 6.07) is 10.7. The third-order valence-electron chi connectivity index (χ3n) is 2.69. The molecule has 1 N–H and O–H groups in total. The molecule has 0 spiro atoms. The van der Waals surface area contributed by atoms with Gasteiger partial charge in [0.1, 0.15) is 0 Å². The average molecular weight is 250 g/mol. The van der Waals surface area contributed by atoms with Crippen molar-refractivity contribution in [2.45, 2.75) is 6.61 Å². The van der Waals surface area contributed by atoms with E-state index in [-0.39, 0.29) is 12.2 Å². The van der Waals surface area contributed by atoms with Gasteiger partial charge >= 0.3 is 0 Å². The summed E-state index contributed by atoms with van der Waals surface area (Å²) in [6.07, 6.45) is 0. The summed E-state index contributed by atoms with van der Waals surface area (Å²) in [5.74, 6) is 0. The van der Waals surface area contributed by atoms with Gasteiger partial charge in [0.2, 0.25) is 0 Å². The first-order valence-electron chi connectivity index (χ1n) is 5.19. The van der Waals surface area contributed by atoms with Crippen LogP contribution in [-0.2, 0) is 13.7 Å². The fourth-order valence-electron chi connectivity index (χ4n) is 1.72. The Kier molecular flexibility index (Phi) is 3.31. The molecule has 1 heterocycles. The zero-order valence-corrected chi connectivity index (χ0v) is 10.1. The summed E-state index contributed by atoms with van der Waals surface area (Å²) in [5, 5.41) is 9.67. The van der Waals surface area contributed by atoms with Crippen LogP contribution in [0.15, 0.2) is 41.2 Å². The SMILES string of the molecule is Cn1c(-c2ccc(Cl)cc2)ccc(CO)c1=O. The van der Waals surface area contributed by atoms with Gasteiger partial charge in [-0.25, -0.2) is 0 Å². The molecule has 0 fully saturated rings. The molecule has 0 saturated heterocycles. The van der Waals surface area contributed by atoms with Crippen LogP contribution in [0, 0.1) is 0 Å². The van der Waals surface area contributed by atoms with E-state index in [4.69, 9.17) is 16.7 Å². The van der Waals surface area contributed by atoms with E-state index in [2.05, 4.69) is 0 Å². The lowest BCUT2D eigenvalue weighted by Crippen LogP contribution is -2.22. The Morgan fingerprint density at radius 1 is 1.18 bits per heavy atom. The summed E-state index contributed by atoms with van der Waals surface area (Å²) in [5.41, 5.74) is 1.92. The lowest BCUT2D eigenvalue weighted by molar-refractivity contribution is 0.279. The third kappa shape index (κ3) is 2.25. The highest BCUT2D eigenvalue weighted by Crippen LogP contribution is 2.20. The van der Waals surface area contributed by atoms with Gasteiger partial charge in [-0.2, -0.15) is 0 Å². The Morgan fingerprint density at radius 2 is 1.82 bits per heavy atom. The molecule has 3 nitrogen and oxygen atoms in total. The molecule has 0 unspecified atom stereocenters. The molecule has 0 amide bonds. The number of hydrogen-bond donors (Lipinski definition) is 1. The quantitative estimate of drug-likeness (QED) is 0.887. The highest BCUT2D eigenvalue weighted by atomic mass is 35.5. The minimum atomic E-state index is -0.242. The van der Waals surface area contributed by atoms with Crippen molar-refractivity contribution in [3.63, 3.8) is 0 Å². The topological polar surface area (TPSA) is 42.2 Å². The minimum absolute atomic E-state index is 0.181. The van der Waals surface area contributed by atoms with Gasteiger partial charge in [-0.15, -0.1) is 0 Å². The van der Waals surface area contributed by atoms with Gasteiger partial charge in [0.25, 0.3) is 5.56 Å². The maximum absolute atomic E-state index is 11.8. The molecule has 0 bridgehead atoms. The second kappa shape index (κ2) is 4.73. The monoisotopic (exact) mass is 249 g/mol. The number of nitrogens with zero attached hydrogens (tertiary/aromatic N) is 1. The van der Waals surface area contributed by atoms with Crippen LogP contribution in [0.1, 0.15) is 5.56 Å². The van der Waals surface area contributed by atoms with Crippen molar-refractivity contribution < 1.29 is 5.11 Å². The fourth-order valence-corrected chi connectivity index (χ4v) is 1.84. The maximum Gasteiger partial charge on any atom is 0.256 e. The van der Waals surface area contributed by atoms with E-state index < -0.39 is 0 Å². The molecule has 2 rings (SSSR count). The smallest absolute Gasteiger partial charge is 0.256 e. The predicted molar refractivity (Wildman–Crippen MR) is 68.1 cm³/mol. The summed E-state index contributed by atoms with van der Waals surface area (Å²) < 4.78 is 1.52. The Morgan fingerprint density at radius 3 is 2.41 bits per heavy atom. The van der Waals surface area contributed by atoms with Crippen LogP contribution in [-0.4, -0.2) is 9.67 Å². The standard InChI is InChI=1S/C13H12ClNO2/c1-15-12(7-4-10(8-16)13(15)17)9-2-5-11(14)6-3-9/h2-7,16H,8H2,1H3. The molecule has 0 saturated carbocycles. The number of halogens is 1. The second-order valence-corrected chi connectivity index (χ2v) is 4.21. The lowest BCUT2D eigenvalue weighted by atomic mass is 10.1. The predicted octanol–water partition coefficient (Wildman–Crippen LogP) is 2.20. The number of pyridine rings is 1. The second-order valence-electron chi connectivity index (χ2n) is 3.77. The van der Waals surface area contributed by atoms with Gasteiger partial charge < -0.3 is 9.67 Å². The van der Waals surface area contributed by atoms with Gasteiger partial charge in [-0.3, -0.25) is 4.79 Å². The molecule has 0 aliphatic rings. The molecular formula is C13H12ClNO2. The molecule has 0 atom stereocenters. The molecule has 2 aromatic rings. The highest BCUT2D eigenvalue weighted by Gasteiger charge is 2.06. The molecule has 0 aliphatic heterocycles. The van der Waals surface area contributed by atoms with E-state index >= 15 is 0 Å². The lowest BCUT2D eigenvalue weighted by Gasteiger charge is -2.09. The van der Waals surface area contributed by atoms with Crippen molar-refractivity contribution in [2.75, 3.05) is 0 Å². The summed E-state index contributed by atoms with van der Waals surface area (Å²) in [6.45, 7) is -0.242. The molecule has 88 valence electrons. The van der Waals surface area contributed by atoms with Crippen LogP contribution >= 0.6 is 11.6 Å². The van der Waals surface area contributed by atoms with Crippen molar-refractivity contribution in [1.82, 2.24) is 4.57 Å². The number of aliphatic hydroxyl groups is 1. The van der Waals surface area contributed by atoms with Gasteiger partial charge in [0, 0.05) is 17.6 Å². The Labute approximate surface area is 104 Å². The van der Waals surface area contributed by atoms with E-state index in [1.54, 1.807) is 25.2 Å². The van der Waals surface area contributed by atoms with Crippen LogP contribution in [0.25, 0.3) is 11.3 Å². The van der Waals surface area contributed by atoms with Crippen molar-refractivity contribution in [3.8, 4) is 11.3 Å². The summed E-state index contributed by atoms with van der Waals surface area (Å²) >= 11 is 5.82. The van der Waals surface area contributed by atoms with Crippen molar-refractivity contribution in [2.24, 2.45) is 7.05 Å². The van der Waals surface area contributed by atoms with Gasteiger partial charge in [0.15, 0.2) is 0 Å². The Bertz CT molecular complexity index is 587. The first kappa shape index (κ1) is 11.9. The zero-order valence-electron chi connectivity index (χ0n) is 9.35. The van der Waals surface area contributed by atoms with Crippen LogP contribution < -0.4 is 5.56 Å². The van der Waals surface area contributed by atoms with Crippen molar-refractivity contribution in [3.05, 3.63) is 57.3 Å². The van der Waals surface area contributed by atoms with Crippen LogP contribution in [0.5, 0.6) is 0 Å². The maximum atomic E-state index is 11.8. The molecule has 4 heteroatoms. The van der Waals surface area contributed by atoms with Crippen molar-refractivity contribution in [1.29, 1.82) is 0 Å². The molecule has 17 heavy (non-hydrogen) atoms. The largest absolute Gasteiger partial charge is 0.391 e. The van der Waals surface area contributed by atoms with E-state index in [0.717, 1.165) is 11.3 Å². The third-order valence-corrected chi connectivity index (χ3v) is 2.95. The first-order valence-corrected chi connectivity index (χ1v) is 5.57. The molecular weight excluding hydrogens is 238 g/mol. The number of benzene rings is 1. The van der Waals surface area contributed by atoms with Gasteiger partial charge in [0.05, 0.1) is 12.3 Å². The number of aliphatic hydroxyl groups excluding tert-OH is 1. The van der Waals surface area contributed by atoms with Gasteiger partial charge in [-0.1, -0.05) is 23.7 Å². The molecule has 1 aromatic carbocycles. The van der Waals surface area contributed by atoms with Crippen molar-refractivity contribution >= 4 is 11.6 Å². The van der Waals surface area contributed by atoms with Gasteiger partial charge in [-0.05, 0) is 29.8 Å².